The number of halogens is 4. The van der Waals surface area contributed by atoms with E-state index in [0.29, 0.717) is 0 Å². The van der Waals surface area contributed by atoms with Crippen molar-refractivity contribution in [1.82, 2.24) is 0 Å². The fourth-order valence-electron chi connectivity index (χ4n) is 1.51. The van der Waals surface area contributed by atoms with Crippen molar-refractivity contribution in [2.75, 3.05) is 0 Å². The number of hydrogen-bond acceptors (Lipinski definition) is 2. The van der Waals surface area contributed by atoms with Crippen LogP contribution in [0.3, 0.4) is 0 Å². The van der Waals surface area contributed by atoms with Gasteiger partial charge in [-0.1, -0.05) is 48.0 Å². The maximum atomic E-state index is 12.6. The number of rotatable bonds is 4. The van der Waals surface area contributed by atoms with E-state index in [1.54, 1.807) is 0 Å². The average molecular weight is 359 g/mol. The first-order valence-corrected chi connectivity index (χ1v) is 8.00. The molecular weight excluding hydrogens is 345 g/mol. The number of alkyl halides is 4. The largest absolute Gasteiger partial charge is 0.501 e. The van der Waals surface area contributed by atoms with E-state index in [1.807, 2.05) is 13.8 Å². The lowest BCUT2D eigenvalue weighted by Crippen LogP contribution is -2.25. The first kappa shape index (κ1) is 16.5. The minimum atomic E-state index is -5.30. The molecule has 1 unspecified atom stereocenters. The van der Waals surface area contributed by atoms with Gasteiger partial charge in [0.05, 0.1) is 4.90 Å². The van der Waals surface area contributed by atoms with Crippen LogP contribution in [0.5, 0.6) is 0 Å². The van der Waals surface area contributed by atoms with Crippen molar-refractivity contribution in [1.29, 1.82) is 0 Å². The van der Waals surface area contributed by atoms with Crippen LogP contribution >= 0.6 is 15.9 Å². The minimum absolute atomic E-state index is 0.0860. The summed E-state index contributed by atoms with van der Waals surface area (Å²) < 4.78 is 60.8. The molecule has 2 nitrogen and oxygen atoms in total. The Labute approximate surface area is 119 Å². The Balaban J connectivity index is 3.25. The summed E-state index contributed by atoms with van der Waals surface area (Å²) in [6, 6.07) is 5.24. The van der Waals surface area contributed by atoms with Crippen LogP contribution in [-0.2, 0) is 16.3 Å². The molecule has 0 saturated heterocycles. The molecule has 0 aliphatic rings. The maximum absolute atomic E-state index is 12.6. The Bertz CT molecular complexity index is 538. The first-order valence-electron chi connectivity index (χ1n) is 5.60. The summed E-state index contributed by atoms with van der Waals surface area (Å²) in [5.41, 5.74) is -5.10. The molecule has 0 fully saturated rings. The van der Waals surface area contributed by atoms with Crippen molar-refractivity contribution < 1.29 is 21.6 Å². The van der Waals surface area contributed by atoms with E-state index < -0.39 is 20.2 Å². The molecule has 1 aromatic carbocycles. The summed E-state index contributed by atoms with van der Waals surface area (Å²) in [5.74, 6) is 0.182. The van der Waals surface area contributed by atoms with E-state index in [2.05, 4.69) is 15.9 Å². The second-order valence-electron chi connectivity index (χ2n) is 4.52. The van der Waals surface area contributed by atoms with E-state index in [-0.39, 0.29) is 22.7 Å². The first-order chi connectivity index (χ1) is 8.57. The van der Waals surface area contributed by atoms with Gasteiger partial charge in [-0.15, -0.1) is 0 Å². The van der Waals surface area contributed by atoms with Gasteiger partial charge < -0.3 is 0 Å². The van der Waals surface area contributed by atoms with Gasteiger partial charge in [0.25, 0.3) is 9.84 Å². The fourth-order valence-corrected chi connectivity index (χ4v) is 2.86. The number of benzene rings is 1. The van der Waals surface area contributed by atoms with E-state index in [9.17, 15) is 21.6 Å². The second-order valence-corrected chi connectivity index (χ2v) is 7.61. The highest BCUT2D eigenvalue weighted by Crippen LogP contribution is 2.33. The van der Waals surface area contributed by atoms with Gasteiger partial charge in [-0.3, -0.25) is 0 Å². The predicted molar refractivity (Wildman–Crippen MR) is 70.9 cm³/mol. The van der Waals surface area contributed by atoms with Gasteiger partial charge in [0.1, 0.15) is 0 Å². The molecule has 0 amide bonds. The van der Waals surface area contributed by atoms with E-state index >= 15 is 0 Å². The van der Waals surface area contributed by atoms with Crippen molar-refractivity contribution in [2.24, 2.45) is 5.92 Å². The van der Waals surface area contributed by atoms with Crippen LogP contribution in [0.1, 0.15) is 19.4 Å². The average Bonchev–Trinajstić information content (AvgIpc) is 2.27. The van der Waals surface area contributed by atoms with Crippen LogP contribution in [0.25, 0.3) is 0 Å². The van der Waals surface area contributed by atoms with Gasteiger partial charge in [0.15, 0.2) is 0 Å². The molecule has 1 aromatic rings. The zero-order valence-corrected chi connectivity index (χ0v) is 12.8. The molecule has 0 aliphatic carbocycles. The molecule has 0 saturated carbocycles. The fraction of sp³-hybridized carbons (Fsp3) is 0.500. The molecule has 0 bridgehead atoms. The molecule has 0 aromatic heterocycles. The summed E-state index contributed by atoms with van der Waals surface area (Å²) in [5, 5.41) is 0. The molecule has 0 heterocycles. The van der Waals surface area contributed by atoms with Crippen LogP contribution in [0, 0.1) is 5.92 Å². The van der Waals surface area contributed by atoms with Crippen molar-refractivity contribution in [3.63, 3.8) is 0 Å². The van der Waals surface area contributed by atoms with Crippen LogP contribution in [0.2, 0.25) is 0 Å². The zero-order chi connectivity index (χ0) is 14.8. The Morgan fingerprint density at radius 3 is 2.21 bits per heavy atom. The van der Waals surface area contributed by atoms with Crippen molar-refractivity contribution >= 4 is 25.8 Å². The topological polar surface area (TPSA) is 34.1 Å². The van der Waals surface area contributed by atoms with E-state index in [1.165, 1.54) is 18.2 Å². The van der Waals surface area contributed by atoms with Crippen molar-refractivity contribution in [3.05, 3.63) is 29.8 Å². The van der Waals surface area contributed by atoms with Crippen LogP contribution in [0.4, 0.5) is 13.2 Å². The molecule has 7 heteroatoms. The molecular formula is C12H14BrF3O2S. The Hall–Kier alpha value is -0.560. The minimum Gasteiger partial charge on any atom is -0.214 e. The lowest BCUT2D eigenvalue weighted by molar-refractivity contribution is -0.0436. The molecule has 0 spiro atoms. The third kappa shape index (κ3) is 3.72. The summed E-state index contributed by atoms with van der Waals surface area (Å²) >= 11 is 3.35. The van der Waals surface area contributed by atoms with Gasteiger partial charge in [-0.05, 0) is 24.0 Å². The molecule has 19 heavy (non-hydrogen) atoms. The lowest BCUT2D eigenvalue weighted by atomic mass is 10.0. The van der Waals surface area contributed by atoms with Gasteiger partial charge in [0, 0.05) is 4.83 Å². The summed E-state index contributed by atoms with van der Waals surface area (Å²) in [6.45, 7) is 3.81. The molecule has 0 radical (unpaired) electrons. The Kier molecular flexibility index (Phi) is 5.06. The molecule has 0 aliphatic heterocycles. The summed E-state index contributed by atoms with van der Waals surface area (Å²) in [7, 11) is -5.30. The lowest BCUT2D eigenvalue weighted by Gasteiger charge is -2.17. The van der Waals surface area contributed by atoms with Gasteiger partial charge in [-0.2, -0.15) is 13.2 Å². The number of sulfone groups is 1. The van der Waals surface area contributed by atoms with Crippen molar-refractivity contribution in [3.8, 4) is 0 Å². The second kappa shape index (κ2) is 5.83. The third-order valence-corrected chi connectivity index (χ3v) is 5.67. The monoisotopic (exact) mass is 358 g/mol. The highest BCUT2D eigenvalue weighted by Gasteiger charge is 2.47. The predicted octanol–water partition coefficient (Wildman–Crippen LogP) is 3.94. The standard InChI is InChI=1S/C12H14BrF3O2S/c1-8(2)10(13)7-9-5-3-4-6-11(9)19(17,18)12(14,15)16/h3-6,8,10H,7H2,1-2H3. The van der Waals surface area contributed by atoms with E-state index in [4.69, 9.17) is 0 Å². The SMILES string of the molecule is CC(C)C(Br)Cc1ccccc1S(=O)(=O)C(F)(F)F. The van der Waals surface area contributed by atoms with Crippen molar-refractivity contribution in [2.45, 2.75) is 35.5 Å². The molecule has 108 valence electrons. The number of hydrogen-bond donors (Lipinski definition) is 0. The van der Waals surface area contributed by atoms with Crippen LogP contribution < -0.4 is 0 Å². The normalized spacial score (nSPS) is 14.7. The van der Waals surface area contributed by atoms with Gasteiger partial charge in [-0.25, -0.2) is 8.42 Å². The summed E-state index contributed by atoms with van der Waals surface area (Å²) in [6.07, 6.45) is 0.225. The maximum Gasteiger partial charge on any atom is 0.501 e. The summed E-state index contributed by atoms with van der Waals surface area (Å²) in [4.78, 5) is -0.746. The van der Waals surface area contributed by atoms with Crippen LogP contribution in [-0.4, -0.2) is 18.8 Å². The van der Waals surface area contributed by atoms with E-state index in [0.717, 1.165) is 6.07 Å². The quantitative estimate of drug-likeness (QED) is 0.763. The zero-order valence-electron chi connectivity index (χ0n) is 10.4. The third-order valence-electron chi connectivity index (χ3n) is 2.71. The van der Waals surface area contributed by atoms with Gasteiger partial charge in [0.2, 0.25) is 0 Å². The van der Waals surface area contributed by atoms with Gasteiger partial charge >= 0.3 is 5.51 Å². The molecule has 0 N–H and O–H groups in total. The smallest absolute Gasteiger partial charge is 0.214 e. The highest BCUT2D eigenvalue weighted by atomic mass is 79.9. The molecule has 1 rings (SSSR count). The van der Waals surface area contributed by atoms with Crippen LogP contribution in [0.15, 0.2) is 29.2 Å². The molecule has 1 atom stereocenters. The Morgan fingerprint density at radius 2 is 1.74 bits per heavy atom. The highest BCUT2D eigenvalue weighted by molar-refractivity contribution is 9.09. The Morgan fingerprint density at radius 1 is 1.21 bits per heavy atom.